The number of benzene rings is 11. The third-order valence-electron chi connectivity index (χ3n) is 12.0. The van der Waals surface area contributed by atoms with Crippen molar-refractivity contribution in [3.05, 3.63) is 206 Å². The van der Waals surface area contributed by atoms with E-state index in [-0.39, 0.29) is 0 Å². The predicted octanol–water partition coefficient (Wildman–Crippen LogP) is 16.5. The lowest BCUT2D eigenvalue weighted by Crippen LogP contribution is -1.91. The van der Waals surface area contributed by atoms with Gasteiger partial charge in [0, 0.05) is 20.2 Å². The van der Waals surface area contributed by atoms with Crippen molar-refractivity contribution in [3.8, 4) is 44.5 Å². The van der Waals surface area contributed by atoms with Gasteiger partial charge in [0.15, 0.2) is 0 Å². The number of hydrogen-bond acceptors (Lipinski definition) is 1. The van der Waals surface area contributed by atoms with Crippen molar-refractivity contribution in [2.75, 3.05) is 0 Å². The van der Waals surface area contributed by atoms with Crippen LogP contribution < -0.4 is 0 Å². The van der Waals surface area contributed by atoms with E-state index < -0.39 is 0 Å². The lowest BCUT2D eigenvalue weighted by molar-refractivity contribution is 1.60. The fraction of sp³-hybridized carbons (Fsp3) is 0. The Morgan fingerprint density at radius 3 is 1.39 bits per heavy atom. The van der Waals surface area contributed by atoms with Crippen LogP contribution in [-0.2, 0) is 0 Å². The van der Waals surface area contributed by atoms with Crippen molar-refractivity contribution < 1.29 is 0 Å². The zero-order valence-corrected chi connectivity index (χ0v) is 31.9. The smallest absolute Gasteiger partial charge is 0.0361 e. The maximum absolute atomic E-state index is 2.42. The molecule has 1 heteroatoms. The minimum Gasteiger partial charge on any atom is -0.135 e. The molecule has 12 rings (SSSR count). The molecule has 0 aliphatic heterocycles. The molecule has 0 amide bonds. The van der Waals surface area contributed by atoms with E-state index in [1.165, 1.54) is 119 Å². The molecule has 0 nitrogen and oxygen atoms in total. The highest BCUT2D eigenvalue weighted by molar-refractivity contribution is 7.25. The summed E-state index contributed by atoms with van der Waals surface area (Å²) in [5.41, 5.74) is 10.0. The van der Waals surface area contributed by atoms with Gasteiger partial charge in [-0.2, -0.15) is 0 Å². The summed E-state index contributed by atoms with van der Waals surface area (Å²) >= 11 is 1.90. The normalized spacial score (nSPS) is 11.9. The molecular formula is C56H34S. The molecule has 11 aromatic carbocycles. The van der Waals surface area contributed by atoms with Crippen LogP contribution >= 0.6 is 11.3 Å². The van der Waals surface area contributed by atoms with Crippen LogP contribution in [-0.4, -0.2) is 0 Å². The van der Waals surface area contributed by atoms with Crippen LogP contribution in [0.25, 0.3) is 119 Å². The summed E-state index contributed by atoms with van der Waals surface area (Å²) in [6.07, 6.45) is 0. The van der Waals surface area contributed by atoms with Gasteiger partial charge in [0.1, 0.15) is 0 Å². The van der Waals surface area contributed by atoms with E-state index in [0.29, 0.717) is 0 Å². The molecule has 0 spiro atoms. The van der Waals surface area contributed by atoms with Gasteiger partial charge in [-0.05, 0) is 123 Å². The molecule has 0 atom stereocenters. The van der Waals surface area contributed by atoms with Gasteiger partial charge in [-0.3, -0.25) is 0 Å². The van der Waals surface area contributed by atoms with Crippen molar-refractivity contribution >= 4 is 85.4 Å². The third kappa shape index (κ3) is 5.06. The fourth-order valence-corrected chi connectivity index (χ4v) is 10.6. The molecule has 0 saturated heterocycles. The summed E-state index contributed by atoms with van der Waals surface area (Å²) in [6.45, 7) is 0. The molecule has 0 aliphatic rings. The molecule has 0 radical (unpaired) electrons. The zero-order valence-electron chi connectivity index (χ0n) is 31.0. The van der Waals surface area contributed by atoms with Gasteiger partial charge in [0.25, 0.3) is 0 Å². The first-order chi connectivity index (χ1) is 28.3. The first-order valence-corrected chi connectivity index (χ1v) is 20.5. The van der Waals surface area contributed by atoms with Crippen LogP contribution in [0.5, 0.6) is 0 Å². The third-order valence-corrected chi connectivity index (χ3v) is 13.1. The average molecular weight is 739 g/mol. The Balaban J connectivity index is 1.01. The van der Waals surface area contributed by atoms with Crippen molar-refractivity contribution in [2.45, 2.75) is 0 Å². The Morgan fingerprint density at radius 2 is 0.702 bits per heavy atom. The summed E-state index contributed by atoms with van der Waals surface area (Å²) in [4.78, 5) is 0. The predicted molar refractivity (Wildman–Crippen MR) is 249 cm³/mol. The van der Waals surface area contributed by atoms with E-state index in [9.17, 15) is 0 Å². The molecule has 1 heterocycles. The first-order valence-electron chi connectivity index (χ1n) is 19.7. The Bertz CT molecular complexity index is 3510. The standard InChI is InChI=1S/C56H34S/c1-2-14-38-33-54-52(31-37(38)13-1)46-30-29-40(34-53(46)57-54)56-49-23-11-9-21-47(49)55(48-22-10-12-24-50(48)56)36-27-25-35(26-28-36)41-16-5-6-19-44(41)51-32-39-15-3-4-17-42(39)43-18-7-8-20-45(43)51/h1-34H. The maximum Gasteiger partial charge on any atom is 0.0361 e. The van der Waals surface area contributed by atoms with Crippen LogP contribution in [0.4, 0.5) is 0 Å². The van der Waals surface area contributed by atoms with Gasteiger partial charge in [-0.25, -0.2) is 0 Å². The van der Waals surface area contributed by atoms with Crippen LogP contribution in [0, 0.1) is 0 Å². The van der Waals surface area contributed by atoms with Gasteiger partial charge in [0.05, 0.1) is 0 Å². The van der Waals surface area contributed by atoms with E-state index >= 15 is 0 Å². The molecule has 57 heavy (non-hydrogen) atoms. The monoisotopic (exact) mass is 738 g/mol. The maximum atomic E-state index is 2.42. The topological polar surface area (TPSA) is 0 Å². The van der Waals surface area contributed by atoms with Crippen molar-refractivity contribution in [2.24, 2.45) is 0 Å². The quantitative estimate of drug-likeness (QED) is 0.125. The summed E-state index contributed by atoms with van der Waals surface area (Å²) in [5.74, 6) is 0. The highest BCUT2D eigenvalue weighted by Gasteiger charge is 2.19. The van der Waals surface area contributed by atoms with E-state index in [2.05, 4.69) is 206 Å². The highest BCUT2D eigenvalue weighted by Crippen LogP contribution is 2.46. The molecule has 0 unspecified atom stereocenters. The summed E-state index contributed by atoms with van der Waals surface area (Å²) in [6, 6.07) is 76.5. The largest absolute Gasteiger partial charge is 0.135 e. The highest BCUT2D eigenvalue weighted by atomic mass is 32.1. The number of thiophene rings is 1. The number of rotatable bonds is 4. The Morgan fingerprint density at radius 1 is 0.228 bits per heavy atom. The first kappa shape index (κ1) is 32.2. The Kier molecular flexibility index (Phi) is 7.20. The van der Waals surface area contributed by atoms with Crippen LogP contribution in [0.1, 0.15) is 0 Å². The second-order valence-electron chi connectivity index (χ2n) is 15.2. The molecule has 1 aromatic heterocycles. The molecule has 0 saturated carbocycles. The summed E-state index contributed by atoms with van der Waals surface area (Å²) in [7, 11) is 0. The van der Waals surface area contributed by atoms with Gasteiger partial charge >= 0.3 is 0 Å². The second-order valence-corrected chi connectivity index (χ2v) is 16.2. The Labute approximate surface area is 334 Å². The van der Waals surface area contributed by atoms with Crippen LogP contribution in [0.3, 0.4) is 0 Å². The molecule has 12 aromatic rings. The lowest BCUT2D eigenvalue weighted by Gasteiger charge is -2.18. The molecular weight excluding hydrogens is 705 g/mol. The fourth-order valence-electron chi connectivity index (χ4n) is 9.43. The second kappa shape index (κ2) is 12.7. The van der Waals surface area contributed by atoms with Gasteiger partial charge < -0.3 is 0 Å². The molecule has 0 aliphatic carbocycles. The number of fused-ring (bicyclic) bond motifs is 9. The van der Waals surface area contributed by atoms with Crippen molar-refractivity contribution in [3.63, 3.8) is 0 Å². The van der Waals surface area contributed by atoms with Gasteiger partial charge in [0.2, 0.25) is 0 Å². The minimum atomic E-state index is 1.21. The van der Waals surface area contributed by atoms with Gasteiger partial charge in [-0.1, -0.05) is 182 Å². The minimum absolute atomic E-state index is 1.21. The molecule has 0 N–H and O–H groups in total. The number of hydrogen-bond donors (Lipinski definition) is 0. The Hall–Kier alpha value is -7.06. The van der Waals surface area contributed by atoms with Crippen LogP contribution in [0.15, 0.2) is 206 Å². The van der Waals surface area contributed by atoms with E-state index in [4.69, 9.17) is 0 Å². The molecule has 0 fully saturated rings. The zero-order chi connectivity index (χ0) is 37.5. The molecule has 0 bridgehead atoms. The summed E-state index contributed by atoms with van der Waals surface area (Å²) < 4.78 is 2.66. The van der Waals surface area contributed by atoms with E-state index in [1.807, 2.05) is 11.3 Å². The van der Waals surface area contributed by atoms with Crippen molar-refractivity contribution in [1.82, 2.24) is 0 Å². The SMILES string of the molecule is c1ccc(-c2cc3ccccc3c3ccccc23)c(-c2ccc(-c3c4ccccc4c(-c4ccc5c(c4)sc4cc6ccccc6cc45)c4ccccc34)cc2)c1. The van der Waals surface area contributed by atoms with Crippen LogP contribution in [0.2, 0.25) is 0 Å². The van der Waals surface area contributed by atoms with E-state index in [0.717, 1.165) is 0 Å². The summed E-state index contributed by atoms with van der Waals surface area (Å²) in [5, 5.41) is 15.4. The van der Waals surface area contributed by atoms with Gasteiger partial charge in [-0.15, -0.1) is 11.3 Å². The average Bonchev–Trinajstić information content (AvgIpc) is 3.63. The van der Waals surface area contributed by atoms with E-state index in [1.54, 1.807) is 0 Å². The lowest BCUT2D eigenvalue weighted by atomic mass is 9.85. The van der Waals surface area contributed by atoms with Crippen molar-refractivity contribution in [1.29, 1.82) is 0 Å². The molecule has 264 valence electrons.